The second-order valence-corrected chi connectivity index (χ2v) is 6.66. The molecule has 1 amide bonds. The molecule has 2 aliphatic heterocycles. The van der Waals surface area contributed by atoms with Crippen LogP contribution in [-0.4, -0.2) is 84.2 Å². The van der Waals surface area contributed by atoms with Crippen molar-refractivity contribution < 1.29 is 9.53 Å². The summed E-state index contributed by atoms with van der Waals surface area (Å²) in [5.74, 6) is -0.0892. The van der Waals surface area contributed by atoms with E-state index in [0.717, 1.165) is 44.7 Å². The zero-order chi connectivity index (χ0) is 16.9. The van der Waals surface area contributed by atoms with Crippen molar-refractivity contribution in [1.29, 1.82) is 0 Å². The summed E-state index contributed by atoms with van der Waals surface area (Å²) < 4.78 is 5.66. The Kier molecular flexibility index (Phi) is 5.76. The third-order valence-corrected chi connectivity index (χ3v) is 4.90. The summed E-state index contributed by atoms with van der Waals surface area (Å²) in [4.78, 5) is 25.8. The van der Waals surface area contributed by atoms with Crippen LogP contribution in [0.25, 0.3) is 0 Å². The molecular weight excluding hydrogens is 306 g/mol. The highest BCUT2D eigenvalue weighted by Gasteiger charge is 2.35. The van der Waals surface area contributed by atoms with Crippen molar-refractivity contribution in [2.24, 2.45) is 0 Å². The number of ether oxygens (including phenoxy) is 1. The van der Waals surface area contributed by atoms with Gasteiger partial charge in [0.15, 0.2) is 0 Å². The Balaban J connectivity index is 1.65. The van der Waals surface area contributed by atoms with Crippen molar-refractivity contribution in [1.82, 2.24) is 25.1 Å². The minimum atomic E-state index is -0.0892. The molecule has 0 aliphatic carbocycles. The lowest BCUT2D eigenvalue weighted by Crippen LogP contribution is -2.56. The number of hydrogen-bond donors (Lipinski definition) is 1. The van der Waals surface area contributed by atoms with Gasteiger partial charge in [0.25, 0.3) is 5.91 Å². The third-order valence-electron chi connectivity index (χ3n) is 4.90. The monoisotopic (exact) mass is 333 g/mol. The molecule has 3 heterocycles. The van der Waals surface area contributed by atoms with E-state index in [0.29, 0.717) is 18.8 Å². The molecule has 2 aliphatic rings. The highest BCUT2D eigenvalue weighted by Crippen LogP contribution is 2.16. The maximum absolute atomic E-state index is 12.7. The summed E-state index contributed by atoms with van der Waals surface area (Å²) in [5, 5.41) is 3.15. The highest BCUT2D eigenvalue weighted by molar-refractivity contribution is 5.95. The van der Waals surface area contributed by atoms with Gasteiger partial charge in [0.1, 0.15) is 6.33 Å². The molecule has 0 saturated carbocycles. The van der Waals surface area contributed by atoms with E-state index in [-0.39, 0.29) is 18.0 Å². The van der Waals surface area contributed by atoms with Crippen molar-refractivity contribution in [3.8, 4) is 0 Å². The number of aromatic nitrogens is 2. The molecule has 0 unspecified atom stereocenters. The van der Waals surface area contributed by atoms with E-state index in [1.807, 2.05) is 0 Å². The van der Waals surface area contributed by atoms with E-state index >= 15 is 0 Å². The number of hydrogen-bond acceptors (Lipinski definition) is 6. The van der Waals surface area contributed by atoms with Gasteiger partial charge >= 0.3 is 0 Å². The van der Waals surface area contributed by atoms with E-state index in [2.05, 4.69) is 39.1 Å². The molecule has 132 valence electrons. The Bertz CT molecular complexity index is 560. The van der Waals surface area contributed by atoms with Gasteiger partial charge in [0.2, 0.25) is 0 Å². The van der Waals surface area contributed by atoms with Crippen LogP contribution in [0.3, 0.4) is 0 Å². The van der Waals surface area contributed by atoms with Crippen LogP contribution < -0.4 is 5.32 Å². The topological polar surface area (TPSA) is 70.6 Å². The zero-order valence-electron chi connectivity index (χ0n) is 14.6. The maximum Gasteiger partial charge on any atom is 0.255 e. The number of likely N-dealkylation sites (N-methyl/N-ethyl adjacent to an activating group) is 1. The Labute approximate surface area is 143 Å². The Morgan fingerprint density at radius 1 is 1.33 bits per heavy atom. The van der Waals surface area contributed by atoms with Crippen molar-refractivity contribution in [3.63, 3.8) is 0 Å². The van der Waals surface area contributed by atoms with E-state index in [1.165, 1.54) is 6.33 Å². The molecule has 1 aromatic rings. The number of rotatable bonds is 5. The third kappa shape index (κ3) is 3.91. The summed E-state index contributed by atoms with van der Waals surface area (Å²) >= 11 is 0. The molecule has 0 aromatic carbocycles. The van der Waals surface area contributed by atoms with Gasteiger partial charge in [-0.1, -0.05) is 13.3 Å². The van der Waals surface area contributed by atoms with Crippen LogP contribution in [0.5, 0.6) is 0 Å². The molecule has 1 N–H and O–H groups in total. The van der Waals surface area contributed by atoms with Gasteiger partial charge in [-0.05, 0) is 13.5 Å². The molecule has 2 fully saturated rings. The van der Waals surface area contributed by atoms with E-state index < -0.39 is 0 Å². The van der Waals surface area contributed by atoms with E-state index in [4.69, 9.17) is 4.74 Å². The van der Waals surface area contributed by atoms with Crippen molar-refractivity contribution >= 4 is 5.91 Å². The number of aryl methyl sites for hydroxylation is 1. The first-order valence-electron chi connectivity index (χ1n) is 8.79. The summed E-state index contributed by atoms with van der Waals surface area (Å²) in [6.45, 7) is 7.49. The smallest absolute Gasteiger partial charge is 0.255 e. The number of carbonyl (C=O) groups is 1. The van der Waals surface area contributed by atoms with Crippen LogP contribution in [-0.2, 0) is 11.2 Å². The van der Waals surface area contributed by atoms with Gasteiger partial charge in [-0.15, -0.1) is 0 Å². The molecule has 0 spiro atoms. The first-order chi connectivity index (χ1) is 11.7. The summed E-state index contributed by atoms with van der Waals surface area (Å²) in [6, 6.07) is 0.275. The van der Waals surface area contributed by atoms with Crippen LogP contribution in [0, 0.1) is 0 Å². The standard InChI is InChI=1S/C17H27N5O2/c1-3-4-14-13(9-18-12-19-14)17(23)20-15-10-24-11-16(15)22-7-5-21(2)6-8-22/h9,12,15-16H,3-8,10-11H2,1-2H3,(H,20,23)/t15-,16-/m0/s1. The van der Waals surface area contributed by atoms with Gasteiger partial charge in [-0.2, -0.15) is 0 Å². The lowest BCUT2D eigenvalue weighted by atomic mass is 10.1. The fourth-order valence-electron chi connectivity index (χ4n) is 3.42. The van der Waals surface area contributed by atoms with Crippen LogP contribution in [0.15, 0.2) is 12.5 Å². The van der Waals surface area contributed by atoms with Gasteiger partial charge in [-0.25, -0.2) is 9.97 Å². The largest absolute Gasteiger partial charge is 0.378 e. The fourth-order valence-corrected chi connectivity index (χ4v) is 3.42. The van der Waals surface area contributed by atoms with Gasteiger partial charge in [0.05, 0.1) is 36.6 Å². The molecular formula is C17H27N5O2. The molecule has 24 heavy (non-hydrogen) atoms. The number of amides is 1. The first-order valence-corrected chi connectivity index (χ1v) is 8.79. The minimum Gasteiger partial charge on any atom is -0.378 e. The fraction of sp³-hybridized carbons (Fsp3) is 0.706. The van der Waals surface area contributed by atoms with Crippen LogP contribution in [0.4, 0.5) is 0 Å². The van der Waals surface area contributed by atoms with E-state index in [1.54, 1.807) is 6.20 Å². The quantitative estimate of drug-likeness (QED) is 0.829. The van der Waals surface area contributed by atoms with Crippen molar-refractivity contribution in [2.45, 2.75) is 31.8 Å². The van der Waals surface area contributed by atoms with Crippen LogP contribution >= 0.6 is 0 Å². The first kappa shape index (κ1) is 17.3. The molecule has 1 aromatic heterocycles. The lowest BCUT2D eigenvalue weighted by molar-refractivity contribution is 0.0828. The molecule has 7 heteroatoms. The van der Waals surface area contributed by atoms with Crippen molar-refractivity contribution in [2.75, 3.05) is 46.4 Å². The van der Waals surface area contributed by atoms with Crippen molar-refractivity contribution in [3.05, 3.63) is 23.8 Å². The van der Waals surface area contributed by atoms with Gasteiger partial charge in [0, 0.05) is 32.4 Å². The summed E-state index contributed by atoms with van der Waals surface area (Å²) in [7, 11) is 2.15. The average molecular weight is 333 g/mol. The Hall–Kier alpha value is -1.57. The number of nitrogens with zero attached hydrogens (tertiary/aromatic N) is 4. The van der Waals surface area contributed by atoms with E-state index in [9.17, 15) is 4.79 Å². The minimum absolute atomic E-state index is 0.0237. The zero-order valence-corrected chi connectivity index (χ0v) is 14.6. The maximum atomic E-state index is 12.7. The second-order valence-electron chi connectivity index (χ2n) is 6.66. The Morgan fingerprint density at radius 2 is 2.12 bits per heavy atom. The second kappa shape index (κ2) is 8.00. The molecule has 3 rings (SSSR count). The predicted octanol–water partition coefficient (Wildman–Crippen LogP) is 0.174. The molecule has 2 atom stereocenters. The number of piperazine rings is 1. The predicted molar refractivity (Wildman–Crippen MR) is 91.0 cm³/mol. The van der Waals surface area contributed by atoms with Crippen LogP contribution in [0.1, 0.15) is 29.4 Å². The summed E-state index contributed by atoms with van der Waals surface area (Å²) in [6.07, 6.45) is 4.86. The Morgan fingerprint density at radius 3 is 2.88 bits per heavy atom. The van der Waals surface area contributed by atoms with Gasteiger partial charge in [-0.3, -0.25) is 9.69 Å². The highest BCUT2D eigenvalue weighted by atomic mass is 16.5. The SMILES string of the molecule is CCCc1ncncc1C(=O)N[C@H]1COC[C@@H]1N1CCN(C)CC1. The summed E-state index contributed by atoms with van der Waals surface area (Å²) in [5.41, 5.74) is 1.41. The normalized spacial score (nSPS) is 25.8. The molecule has 0 radical (unpaired) electrons. The number of carbonyl (C=O) groups excluding carboxylic acids is 1. The number of nitrogens with one attached hydrogen (secondary N) is 1. The molecule has 7 nitrogen and oxygen atoms in total. The lowest BCUT2D eigenvalue weighted by Gasteiger charge is -2.38. The van der Waals surface area contributed by atoms with Crippen LogP contribution in [0.2, 0.25) is 0 Å². The van der Waals surface area contributed by atoms with Gasteiger partial charge < -0.3 is 15.0 Å². The molecule has 2 saturated heterocycles. The molecule has 0 bridgehead atoms. The average Bonchev–Trinajstić information content (AvgIpc) is 3.04.